The second kappa shape index (κ2) is 7.68. The minimum atomic E-state index is -0.182. The van der Waals surface area contributed by atoms with E-state index in [1.165, 1.54) is 0 Å². The molecule has 1 aromatic heterocycles. The number of aromatic nitrogens is 2. The molecule has 7 heteroatoms. The molecule has 26 heavy (non-hydrogen) atoms. The van der Waals surface area contributed by atoms with Crippen molar-refractivity contribution in [2.45, 2.75) is 13.5 Å². The number of anilines is 1. The molecule has 0 spiro atoms. The first-order chi connectivity index (χ1) is 12.4. The van der Waals surface area contributed by atoms with Crippen molar-refractivity contribution in [3.05, 3.63) is 69.2 Å². The number of H-pyrrole nitrogens is 1. The first kappa shape index (κ1) is 18.1. The van der Waals surface area contributed by atoms with Gasteiger partial charge in [-0.1, -0.05) is 29.8 Å². The lowest BCUT2D eigenvalue weighted by Gasteiger charge is -2.16. The van der Waals surface area contributed by atoms with Gasteiger partial charge in [0.25, 0.3) is 5.56 Å². The third-order valence-electron chi connectivity index (χ3n) is 4.04. The van der Waals surface area contributed by atoms with Crippen LogP contribution >= 0.6 is 11.6 Å². The SMILES string of the molecule is Cc1c(Cl)cccc1NC(=O)CN(C)Cc1nc2ccccc2c(=O)[nH]1. The number of benzene rings is 2. The Morgan fingerprint density at radius 1 is 1.23 bits per heavy atom. The number of nitrogens with one attached hydrogen (secondary N) is 2. The summed E-state index contributed by atoms with van der Waals surface area (Å²) >= 11 is 6.07. The van der Waals surface area contributed by atoms with Crippen molar-refractivity contribution in [1.82, 2.24) is 14.9 Å². The average Bonchev–Trinajstić information content (AvgIpc) is 2.59. The van der Waals surface area contributed by atoms with Crippen LogP contribution in [0, 0.1) is 6.92 Å². The summed E-state index contributed by atoms with van der Waals surface area (Å²) in [5.74, 6) is 0.351. The van der Waals surface area contributed by atoms with E-state index in [2.05, 4.69) is 15.3 Å². The number of hydrogen-bond donors (Lipinski definition) is 2. The van der Waals surface area contributed by atoms with Gasteiger partial charge in [0.05, 0.1) is 24.0 Å². The van der Waals surface area contributed by atoms with Gasteiger partial charge in [0.1, 0.15) is 5.82 Å². The molecule has 3 aromatic rings. The standard InChI is InChI=1S/C19H19ClN4O2/c1-12-14(20)7-5-9-15(12)22-18(25)11-24(2)10-17-21-16-8-4-3-6-13(16)19(26)23-17/h3-9H,10-11H2,1-2H3,(H,22,25)(H,21,23,26). The second-order valence-electron chi connectivity index (χ2n) is 6.16. The van der Waals surface area contributed by atoms with Gasteiger partial charge in [0, 0.05) is 10.7 Å². The molecule has 134 valence electrons. The highest BCUT2D eigenvalue weighted by molar-refractivity contribution is 6.31. The van der Waals surface area contributed by atoms with E-state index in [1.54, 1.807) is 42.3 Å². The number of fused-ring (bicyclic) bond motifs is 1. The van der Waals surface area contributed by atoms with Crippen LogP contribution in [-0.2, 0) is 11.3 Å². The van der Waals surface area contributed by atoms with E-state index >= 15 is 0 Å². The van der Waals surface area contributed by atoms with E-state index in [1.807, 2.05) is 19.1 Å². The van der Waals surface area contributed by atoms with E-state index in [0.717, 1.165) is 5.56 Å². The molecule has 6 nitrogen and oxygen atoms in total. The maximum Gasteiger partial charge on any atom is 0.258 e. The van der Waals surface area contributed by atoms with Crippen LogP contribution < -0.4 is 10.9 Å². The van der Waals surface area contributed by atoms with Gasteiger partial charge in [0.2, 0.25) is 5.91 Å². The fourth-order valence-electron chi connectivity index (χ4n) is 2.70. The first-order valence-electron chi connectivity index (χ1n) is 8.15. The van der Waals surface area contributed by atoms with Crippen LogP contribution in [0.5, 0.6) is 0 Å². The summed E-state index contributed by atoms with van der Waals surface area (Å²) in [5.41, 5.74) is 1.97. The minimum Gasteiger partial charge on any atom is -0.325 e. The molecule has 1 amide bonds. The zero-order valence-electron chi connectivity index (χ0n) is 14.5. The van der Waals surface area contributed by atoms with Crippen LogP contribution in [0.15, 0.2) is 47.3 Å². The lowest BCUT2D eigenvalue weighted by atomic mass is 10.2. The van der Waals surface area contributed by atoms with Crippen LogP contribution in [0.4, 0.5) is 5.69 Å². The Hall–Kier alpha value is -2.70. The zero-order valence-corrected chi connectivity index (χ0v) is 15.3. The molecule has 2 N–H and O–H groups in total. The molecule has 1 heterocycles. The summed E-state index contributed by atoms with van der Waals surface area (Å²) in [6.07, 6.45) is 0. The number of halogens is 1. The summed E-state index contributed by atoms with van der Waals surface area (Å²) in [7, 11) is 1.79. The fraction of sp³-hybridized carbons (Fsp3) is 0.211. The average molecular weight is 371 g/mol. The highest BCUT2D eigenvalue weighted by atomic mass is 35.5. The van der Waals surface area contributed by atoms with Gasteiger partial charge < -0.3 is 10.3 Å². The molecular weight excluding hydrogens is 352 g/mol. The van der Waals surface area contributed by atoms with Crippen LogP contribution in [0.3, 0.4) is 0 Å². The molecule has 0 atom stereocenters. The molecular formula is C19H19ClN4O2. The van der Waals surface area contributed by atoms with Crippen molar-refractivity contribution in [2.75, 3.05) is 18.9 Å². The Morgan fingerprint density at radius 2 is 2.00 bits per heavy atom. The Bertz CT molecular complexity index is 1020. The largest absolute Gasteiger partial charge is 0.325 e. The van der Waals surface area contributed by atoms with Gasteiger partial charge in [-0.05, 0) is 43.8 Å². The predicted molar refractivity (Wildman–Crippen MR) is 104 cm³/mol. The molecule has 0 fully saturated rings. The maximum absolute atomic E-state index is 12.3. The number of aromatic amines is 1. The van der Waals surface area contributed by atoms with Gasteiger partial charge in [0.15, 0.2) is 0 Å². The molecule has 0 radical (unpaired) electrons. The van der Waals surface area contributed by atoms with Crippen molar-refractivity contribution < 1.29 is 4.79 Å². The molecule has 3 rings (SSSR count). The molecule has 0 saturated heterocycles. The van der Waals surface area contributed by atoms with E-state index in [-0.39, 0.29) is 18.0 Å². The van der Waals surface area contributed by atoms with Crippen LogP contribution in [0.2, 0.25) is 5.02 Å². The van der Waals surface area contributed by atoms with Gasteiger partial charge in [-0.2, -0.15) is 0 Å². The molecule has 0 aliphatic rings. The fourth-order valence-corrected chi connectivity index (χ4v) is 2.87. The van der Waals surface area contributed by atoms with Crippen molar-refractivity contribution >= 4 is 34.1 Å². The number of rotatable bonds is 5. The third kappa shape index (κ3) is 4.09. The van der Waals surface area contributed by atoms with Gasteiger partial charge in [-0.25, -0.2) is 4.98 Å². The lowest BCUT2D eigenvalue weighted by molar-refractivity contribution is -0.117. The summed E-state index contributed by atoms with van der Waals surface area (Å²) in [6, 6.07) is 12.5. The smallest absolute Gasteiger partial charge is 0.258 e. The van der Waals surface area contributed by atoms with E-state index in [0.29, 0.717) is 34.0 Å². The summed E-state index contributed by atoms with van der Waals surface area (Å²) in [6.45, 7) is 2.36. The van der Waals surface area contributed by atoms with Crippen molar-refractivity contribution in [1.29, 1.82) is 0 Å². The minimum absolute atomic E-state index is 0.155. The number of nitrogens with zero attached hydrogens (tertiary/aromatic N) is 2. The first-order valence-corrected chi connectivity index (χ1v) is 8.53. The number of amides is 1. The monoisotopic (exact) mass is 370 g/mol. The molecule has 0 unspecified atom stereocenters. The molecule has 0 bridgehead atoms. The predicted octanol–water partition coefficient (Wildman–Crippen LogP) is 2.96. The molecule has 0 saturated carbocycles. The van der Waals surface area contributed by atoms with E-state index < -0.39 is 0 Å². The highest BCUT2D eigenvalue weighted by Crippen LogP contribution is 2.22. The lowest BCUT2D eigenvalue weighted by Crippen LogP contribution is -2.31. The summed E-state index contributed by atoms with van der Waals surface area (Å²) in [5, 5.41) is 4.01. The number of hydrogen-bond acceptors (Lipinski definition) is 4. The van der Waals surface area contributed by atoms with Gasteiger partial charge >= 0.3 is 0 Å². The van der Waals surface area contributed by atoms with E-state index in [9.17, 15) is 9.59 Å². The molecule has 0 aliphatic carbocycles. The summed E-state index contributed by atoms with van der Waals surface area (Å²) < 4.78 is 0. The number of carbonyl (C=O) groups excluding carboxylic acids is 1. The van der Waals surface area contributed by atoms with Gasteiger partial charge in [-0.15, -0.1) is 0 Å². The number of likely N-dealkylation sites (N-methyl/N-ethyl adjacent to an activating group) is 1. The molecule has 0 aliphatic heterocycles. The van der Waals surface area contributed by atoms with Crippen molar-refractivity contribution in [3.8, 4) is 0 Å². The van der Waals surface area contributed by atoms with Crippen LogP contribution in [0.25, 0.3) is 10.9 Å². The Kier molecular flexibility index (Phi) is 5.35. The van der Waals surface area contributed by atoms with Crippen LogP contribution in [-0.4, -0.2) is 34.4 Å². The van der Waals surface area contributed by atoms with Crippen molar-refractivity contribution in [2.24, 2.45) is 0 Å². The topological polar surface area (TPSA) is 78.1 Å². The molecule has 2 aromatic carbocycles. The number of para-hydroxylation sites is 1. The maximum atomic E-state index is 12.3. The quantitative estimate of drug-likeness (QED) is 0.723. The Labute approximate surface area is 155 Å². The number of carbonyl (C=O) groups is 1. The second-order valence-corrected chi connectivity index (χ2v) is 6.57. The summed E-state index contributed by atoms with van der Waals surface area (Å²) in [4.78, 5) is 33.4. The Morgan fingerprint density at radius 3 is 2.81 bits per heavy atom. The van der Waals surface area contributed by atoms with E-state index in [4.69, 9.17) is 11.6 Å². The normalized spacial score (nSPS) is 11.1. The van der Waals surface area contributed by atoms with Crippen LogP contribution in [0.1, 0.15) is 11.4 Å². The highest BCUT2D eigenvalue weighted by Gasteiger charge is 2.11. The third-order valence-corrected chi connectivity index (χ3v) is 4.45. The zero-order chi connectivity index (χ0) is 18.7. The Balaban J connectivity index is 1.67. The van der Waals surface area contributed by atoms with Crippen molar-refractivity contribution in [3.63, 3.8) is 0 Å². The van der Waals surface area contributed by atoms with Gasteiger partial charge in [-0.3, -0.25) is 14.5 Å².